The molecule has 0 aliphatic heterocycles. The molecular formula is C10H17BrN4O2. The van der Waals surface area contributed by atoms with Crippen molar-refractivity contribution in [1.29, 1.82) is 0 Å². The van der Waals surface area contributed by atoms with Gasteiger partial charge in [0.2, 0.25) is 0 Å². The standard InChI is InChI=1S/C10H17BrN4O2/c1-10(2,3)17-9(16)14(4)6-7-8(11)13-15(5)12-7/h6H2,1-5H3/i4D3. The monoisotopic (exact) mass is 307 g/mol. The first-order valence-electron chi connectivity index (χ1n) is 6.46. The van der Waals surface area contributed by atoms with Gasteiger partial charge in [0.25, 0.3) is 0 Å². The molecule has 0 aliphatic carbocycles. The van der Waals surface area contributed by atoms with Gasteiger partial charge in [0, 0.05) is 18.1 Å². The van der Waals surface area contributed by atoms with Crippen LogP contribution in [0.2, 0.25) is 0 Å². The number of amides is 1. The highest BCUT2D eigenvalue weighted by molar-refractivity contribution is 9.10. The van der Waals surface area contributed by atoms with Crippen LogP contribution < -0.4 is 0 Å². The average Bonchev–Trinajstić information content (AvgIpc) is 2.49. The number of aromatic nitrogens is 3. The molecule has 0 fully saturated rings. The van der Waals surface area contributed by atoms with Crippen LogP contribution in [0.15, 0.2) is 4.60 Å². The third kappa shape index (κ3) is 4.33. The summed E-state index contributed by atoms with van der Waals surface area (Å²) in [4.78, 5) is 13.9. The van der Waals surface area contributed by atoms with E-state index in [2.05, 4.69) is 26.1 Å². The average molecular weight is 308 g/mol. The maximum Gasteiger partial charge on any atom is 0.410 e. The molecule has 0 N–H and O–H groups in total. The summed E-state index contributed by atoms with van der Waals surface area (Å²) < 4.78 is 27.8. The molecule has 0 spiro atoms. The lowest BCUT2D eigenvalue weighted by molar-refractivity contribution is 0.0282. The molecule has 0 aromatic carbocycles. The van der Waals surface area contributed by atoms with Gasteiger partial charge in [0.05, 0.1) is 6.54 Å². The van der Waals surface area contributed by atoms with E-state index >= 15 is 0 Å². The van der Waals surface area contributed by atoms with Crippen LogP contribution in [0.4, 0.5) is 4.79 Å². The summed E-state index contributed by atoms with van der Waals surface area (Å²) in [6, 6.07) is 0. The van der Waals surface area contributed by atoms with Gasteiger partial charge in [-0.3, -0.25) is 0 Å². The van der Waals surface area contributed by atoms with E-state index in [9.17, 15) is 4.79 Å². The molecule has 0 atom stereocenters. The van der Waals surface area contributed by atoms with Crippen molar-refractivity contribution in [3.05, 3.63) is 10.3 Å². The molecule has 7 heteroatoms. The third-order valence-corrected chi connectivity index (χ3v) is 2.27. The molecular weight excluding hydrogens is 288 g/mol. The lowest BCUT2D eigenvalue weighted by Crippen LogP contribution is -2.34. The largest absolute Gasteiger partial charge is 0.444 e. The van der Waals surface area contributed by atoms with E-state index in [-0.39, 0.29) is 6.54 Å². The van der Waals surface area contributed by atoms with E-state index in [1.807, 2.05) is 0 Å². The normalized spacial score (nSPS) is 14.8. The minimum atomic E-state index is -2.63. The number of ether oxygens (including phenoxy) is 1. The quantitative estimate of drug-likeness (QED) is 0.838. The zero-order chi connectivity index (χ0) is 15.7. The maximum absolute atomic E-state index is 12.0. The highest BCUT2D eigenvalue weighted by Gasteiger charge is 2.21. The molecule has 1 rings (SSSR count). The summed E-state index contributed by atoms with van der Waals surface area (Å²) in [5.74, 6) is 0. The Bertz CT molecular complexity index is 496. The van der Waals surface area contributed by atoms with Crippen molar-refractivity contribution in [1.82, 2.24) is 19.9 Å². The Balaban J connectivity index is 2.97. The second-order valence-electron chi connectivity index (χ2n) is 4.49. The Morgan fingerprint density at radius 3 is 2.65 bits per heavy atom. The molecule has 0 unspecified atom stereocenters. The third-order valence-electron chi connectivity index (χ3n) is 1.66. The molecule has 1 aromatic heterocycles. The van der Waals surface area contributed by atoms with E-state index < -0.39 is 18.7 Å². The van der Waals surface area contributed by atoms with Crippen LogP contribution in [0.5, 0.6) is 0 Å². The highest BCUT2D eigenvalue weighted by Crippen LogP contribution is 2.14. The molecule has 17 heavy (non-hydrogen) atoms. The van der Waals surface area contributed by atoms with Gasteiger partial charge < -0.3 is 9.64 Å². The Hall–Kier alpha value is -1.11. The summed E-state index contributed by atoms with van der Waals surface area (Å²) in [5, 5.41) is 7.94. The fourth-order valence-corrected chi connectivity index (χ4v) is 1.49. The number of hydrogen-bond donors (Lipinski definition) is 0. The van der Waals surface area contributed by atoms with E-state index in [4.69, 9.17) is 8.85 Å². The molecule has 0 radical (unpaired) electrons. The molecule has 6 nitrogen and oxygen atoms in total. The summed E-state index contributed by atoms with van der Waals surface area (Å²) in [5.41, 5.74) is -0.435. The van der Waals surface area contributed by atoms with Crippen LogP contribution >= 0.6 is 15.9 Å². The van der Waals surface area contributed by atoms with Gasteiger partial charge in [-0.1, -0.05) is 0 Å². The van der Waals surface area contributed by atoms with Crippen molar-refractivity contribution < 1.29 is 13.6 Å². The first-order chi connectivity index (χ1) is 8.90. The summed E-state index contributed by atoms with van der Waals surface area (Å²) in [6.07, 6.45) is -0.921. The van der Waals surface area contributed by atoms with Crippen molar-refractivity contribution in [2.75, 3.05) is 6.98 Å². The number of halogens is 1. The SMILES string of the molecule is [2H]C([2H])([2H])N(Cc1nn(C)nc1Br)C(=O)OC(C)(C)C. The molecule has 1 aromatic rings. The maximum atomic E-state index is 12.0. The molecule has 1 amide bonds. The number of aryl methyl sites for hydroxylation is 1. The van der Waals surface area contributed by atoms with E-state index in [0.717, 1.165) is 0 Å². The Labute approximate surface area is 113 Å². The summed E-state index contributed by atoms with van der Waals surface area (Å²) >= 11 is 3.17. The Kier molecular flexibility index (Phi) is 2.92. The zero-order valence-corrected chi connectivity index (χ0v) is 11.8. The lowest BCUT2D eigenvalue weighted by atomic mass is 10.2. The minimum Gasteiger partial charge on any atom is -0.444 e. The number of carbonyl (C=O) groups is 1. The van der Waals surface area contributed by atoms with E-state index in [0.29, 0.717) is 15.2 Å². The van der Waals surface area contributed by atoms with Crippen LogP contribution in [-0.2, 0) is 18.3 Å². The van der Waals surface area contributed by atoms with Crippen molar-refractivity contribution in [3.63, 3.8) is 0 Å². The van der Waals surface area contributed by atoms with Crippen LogP contribution in [-0.4, -0.2) is 38.6 Å². The van der Waals surface area contributed by atoms with Gasteiger partial charge in [0.1, 0.15) is 11.3 Å². The van der Waals surface area contributed by atoms with Crippen molar-refractivity contribution in [2.45, 2.75) is 32.9 Å². The van der Waals surface area contributed by atoms with E-state index in [1.54, 1.807) is 27.8 Å². The fourth-order valence-electron chi connectivity index (χ4n) is 1.05. The van der Waals surface area contributed by atoms with Crippen molar-refractivity contribution >= 4 is 22.0 Å². The zero-order valence-electron chi connectivity index (χ0n) is 13.2. The second-order valence-corrected chi connectivity index (χ2v) is 5.24. The first kappa shape index (κ1) is 9.87. The molecule has 96 valence electrons. The van der Waals surface area contributed by atoms with Crippen LogP contribution in [0.25, 0.3) is 0 Å². The van der Waals surface area contributed by atoms with Crippen LogP contribution in [0, 0.1) is 0 Å². The number of hydrogen-bond acceptors (Lipinski definition) is 4. The second kappa shape index (κ2) is 5.03. The molecule has 0 bridgehead atoms. The minimum absolute atomic E-state index is 0.222. The Morgan fingerprint density at radius 2 is 2.24 bits per heavy atom. The van der Waals surface area contributed by atoms with Gasteiger partial charge in [-0.25, -0.2) is 4.79 Å². The Morgan fingerprint density at radius 1 is 1.59 bits per heavy atom. The topological polar surface area (TPSA) is 60.2 Å². The van der Waals surface area contributed by atoms with Crippen molar-refractivity contribution in [3.8, 4) is 0 Å². The summed E-state index contributed by atoms with van der Waals surface area (Å²) in [7, 11) is 1.60. The van der Waals surface area contributed by atoms with Gasteiger partial charge in [-0.15, -0.1) is 5.10 Å². The number of rotatable bonds is 2. The predicted octanol–water partition coefficient (Wildman–Crippen LogP) is 1.94. The molecule has 0 saturated carbocycles. The molecule has 0 aliphatic rings. The van der Waals surface area contributed by atoms with Gasteiger partial charge in [-0.2, -0.15) is 9.90 Å². The first-order valence-corrected chi connectivity index (χ1v) is 5.76. The summed E-state index contributed by atoms with van der Waals surface area (Å²) in [6.45, 7) is 2.15. The fraction of sp³-hybridized carbons (Fsp3) is 0.700. The van der Waals surface area contributed by atoms with Crippen LogP contribution in [0.3, 0.4) is 0 Å². The van der Waals surface area contributed by atoms with Crippen molar-refractivity contribution in [2.24, 2.45) is 7.05 Å². The predicted molar refractivity (Wildman–Crippen MR) is 66.4 cm³/mol. The van der Waals surface area contributed by atoms with Gasteiger partial charge in [0.15, 0.2) is 4.60 Å². The molecule has 1 heterocycles. The molecule has 0 saturated heterocycles. The number of carbonyl (C=O) groups excluding carboxylic acids is 1. The highest BCUT2D eigenvalue weighted by atomic mass is 79.9. The smallest absolute Gasteiger partial charge is 0.410 e. The van der Waals surface area contributed by atoms with Crippen LogP contribution in [0.1, 0.15) is 30.6 Å². The van der Waals surface area contributed by atoms with Gasteiger partial charge >= 0.3 is 6.09 Å². The number of nitrogens with zero attached hydrogens (tertiary/aromatic N) is 4. The van der Waals surface area contributed by atoms with E-state index in [1.165, 1.54) is 4.80 Å². The lowest BCUT2D eigenvalue weighted by Gasteiger charge is -2.24. The van der Waals surface area contributed by atoms with Gasteiger partial charge in [-0.05, 0) is 36.7 Å².